The zero-order valence-corrected chi connectivity index (χ0v) is 11.5. The van der Waals surface area contributed by atoms with Crippen molar-refractivity contribution in [1.82, 2.24) is 15.1 Å². The molecule has 3 nitrogen and oxygen atoms in total. The summed E-state index contributed by atoms with van der Waals surface area (Å²) in [6.07, 6.45) is 0.943. The maximum atomic E-state index is 13.6. The number of aromatic nitrogens is 2. The zero-order chi connectivity index (χ0) is 13.6. The molecule has 1 atom stereocenters. The molecule has 0 aliphatic carbocycles. The molecular formula is C15H18FN3. The number of fused-ring (bicyclic) bond motifs is 1. The second kappa shape index (κ2) is 4.46. The van der Waals surface area contributed by atoms with Gasteiger partial charge >= 0.3 is 0 Å². The lowest BCUT2D eigenvalue weighted by Crippen LogP contribution is -2.27. The molecule has 0 unspecified atom stereocenters. The Bertz CT molecular complexity index is 610. The fourth-order valence-electron chi connectivity index (χ4n) is 2.93. The Morgan fingerprint density at radius 3 is 2.89 bits per heavy atom. The van der Waals surface area contributed by atoms with Gasteiger partial charge in [-0.25, -0.2) is 4.39 Å². The van der Waals surface area contributed by atoms with Crippen molar-refractivity contribution in [3.05, 3.63) is 40.8 Å². The Morgan fingerprint density at radius 2 is 2.16 bits per heavy atom. The molecule has 0 fully saturated rings. The molecule has 19 heavy (non-hydrogen) atoms. The summed E-state index contributed by atoms with van der Waals surface area (Å²) in [5.74, 6) is -0.188. The molecule has 0 radical (unpaired) electrons. The van der Waals surface area contributed by atoms with Gasteiger partial charge in [0.15, 0.2) is 0 Å². The molecule has 2 heterocycles. The molecule has 1 aliphatic rings. The Kier molecular flexibility index (Phi) is 2.90. The first-order valence-corrected chi connectivity index (χ1v) is 6.63. The van der Waals surface area contributed by atoms with Crippen molar-refractivity contribution in [2.75, 3.05) is 6.54 Å². The molecule has 0 spiro atoms. The lowest BCUT2D eigenvalue weighted by Gasteiger charge is -2.19. The zero-order valence-electron chi connectivity index (χ0n) is 11.5. The highest BCUT2D eigenvalue weighted by Crippen LogP contribution is 2.32. The van der Waals surface area contributed by atoms with Gasteiger partial charge in [0.1, 0.15) is 5.82 Å². The van der Waals surface area contributed by atoms with Gasteiger partial charge in [-0.05, 0) is 50.6 Å². The number of nitrogens with one attached hydrogen (secondary N) is 1. The number of halogens is 1. The minimum Gasteiger partial charge on any atom is -0.308 e. The smallest absolute Gasteiger partial charge is 0.124 e. The standard InChI is InChI=1S/C15H18FN3/c1-9-6-11(8-12(16)7-9)15-13-4-5-17-10(2)14(13)18-19(15)3/h6-8,10,17H,4-5H2,1-3H3/t10-/m0/s1. The molecule has 3 rings (SSSR count). The summed E-state index contributed by atoms with van der Waals surface area (Å²) in [4.78, 5) is 0. The van der Waals surface area contributed by atoms with Gasteiger partial charge in [-0.1, -0.05) is 0 Å². The quantitative estimate of drug-likeness (QED) is 0.853. The average Bonchev–Trinajstić information content (AvgIpc) is 2.65. The molecule has 2 aromatic rings. The van der Waals surface area contributed by atoms with E-state index in [1.807, 2.05) is 24.7 Å². The monoisotopic (exact) mass is 259 g/mol. The molecule has 4 heteroatoms. The number of aryl methyl sites for hydroxylation is 2. The molecule has 100 valence electrons. The number of benzene rings is 1. The maximum Gasteiger partial charge on any atom is 0.124 e. The second-order valence-corrected chi connectivity index (χ2v) is 5.28. The number of rotatable bonds is 1. The van der Waals surface area contributed by atoms with E-state index in [9.17, 15) is 4.39 Å². The van der Waals surface area contributed by atoms with Gasteiger partial charge in [0, 0.05) is 24.2 Å². The SMILES string of the molecule is Cc1cc(F)cc(-c2c3c(nn2C)[C@H](C)NCC3)c1. The molecule has 1 aromatic carbocycles. The summed E-state index contributed by atoms with van der Waals surface area (Å²) in [6.45, 7) is 4.98. The van der Waals surface area contributed by atoms with Crippen LogP contribution in [0.5, 0.6) is 0 Å². The van der Waals surface area contributed by atoms with E-state index in [2.05, 4.69) is 17.3 Å². The number of hydrogen-bond acceptors (Lipinski definition) is 2. The summed E-state index contributed by atoms with van der Waals surface area (Å²) in [7, 11) is 1.93. The van der Waals surface area contributed by atoms with Crippen molar-refractivity contribution in [2.24, 2.45) is 7.05 Å². The summed E-state index contributed by atoms with van der Waals surface area (Å²) in [5, 5.41) is 8.00. The van der Waals surface area contributed by atoms with Crippen LogP contribution in [0.15, 0.2) is 18.2 Å². The molecule has 0 bridgehead atoms. The molecule has 1 aromatic heterocycles. The highest BCUT2D eigenvalue weighted by molar-refractivity contribution is 5.66. The highest BCUT2D eigenvalue weighted by atomic mass is 19.1. The fourth-order valence-corrected chi connectivity index (χ4v) is 2.93. The van der Waals surface area contributed by atoms with Crippen LogP contribution in [0.3, 0.4) is 0 Å². The van der Waals surface area contributed by atoms with Gasteiger partial charge in [0.2, 0.25) is 0 Å². The largest absolute Gasteiger partial charge is 0.308 e. The van der Waals surface area contributed by atoms with Crippen LogP contribution < -0.4 is 5.32 Å². The highest BCUT2D eigenvalue weighted by Gasteiger charge is 2.24. The van der Waals surface area contributed by atoms with Gasteiger partial charge in [0.05, 0.1) is 11.4 Å². The van der Waals surface area contributed by atoms with Crippen molar-refractivity contribution < 1.29 is 4.39 Å². The Hall–Kier alpha value is -1.68. The van der Waals surface area contributed by atoms with Gasteiger partial charge in [-0.2, -0.15) is 5.10 Å². The third kappa shape index (κ3) is 2.06. The summed E-state index contributed by atoms with van der Waals surface area (Å²) >= 11 is 0. The number of nitrogens with zero attached hydrogens (tertiary/aromatic N) is 2. The van der Waals surface area contributed by atoms with Crippen molar-refractivity contribution in [2.45, 2.75) is 26.3 Å². The topological polar surface area (TPSA) is 29.9 Å². The fraction of sp³-hybridized carbons (Fsp3) is 0.400. The maximum absolute atomic E-state index is 13.6. The first kappa shape index (κ1) is 12.4. The van der Waals surface area contributed by atoms with E-state index in [0.29, 0.717) is 0 Å². The van der Waals surface area contributed by atoms with E-state index in [-0.39, 0.29) is 11.9 Å². The summed E-state index contributed by atoms with van der Waals surface area (Å²) in [6, 6.07) is 5.43. The lowest BCUT2D eigenvalue weighted by molar-refractivity contribution is 0.525. The third-order valence-electron chi connectivity index (χ3n) is 3.73. The summed E-state index contributed by atoms with van der Waals surface area (Å²) < 4.78 is 15.5. The number of hydrogen-bond donors (Lipinski definition) is 1. The van der Waals surface area contributed by atoms with Gasteiger partial charge in [-0.3, -0.25) is 4.68 Å². The first-order chi connectivity index (χ1) is 9.06. The van der Waals surface area contributed by atoms with Crippen LogP contribution in [0.1, 0.15) is 29.8 Å². The van der Waals surface area contributed by atoms with Crippen molar-refractivity contribution in [3.63, 3.8) is 0 Å². The normalized spacial score (nSPS) is 18.4. The molecule has 0 saturated carbocycles. The van der Waals surface area contributed by atoms with Crippen molar-refractivity contribution in [1.29, 1.82) is 0 Å². The van der Waals surface area contributed by atoms with Crippen LogP contribution >= 0.6 is 0 Å². The molecule has 0 amide bonds. The predicted molar refractivity (Wildman–Crippen MR) is 73.5 cm³/mol. The van der Waals surface area contributed by atoms with Gasteiger partial charge in [-0.15, -0.1) is 0 Å². The van der Waals surface area contributed by atoms with Crippen molar-refractivity contribution >= 4 is 0 Å². The van der Waals surface area contributed by atoms with E-state index >= 15 is 0 Å². The lowest BCUT2D eigenvalue weighted by atomic mass is 9.96. The van der Waals surface area contributed by atoms with Crippen LogP contribution in [-0.2, 0) is 13.5 Å². The van der Waals surface area contributed by atoms with Crippen LogP contribution in [0.4, 0.5) is 4.39 Å². The van der Waals surface area contributed by atoms with Gasteiger partial charge < -0.3 is 5.32 Å². The van der Waals surface area contributed by atoms with E-state index < -0.39 is 0 Å². The summed E-state index contributed by atoms with van der Waals surface area (Å²) in [5.41, 5.74) is 5.24. The van der Waals surface area contributed by atoms with Crippen LogP contribution in [-0.4, -0.2) is 16.3 Å². The minimum absolute atomic E-state index is 0.188. The van der Waals surface area contributed by atoms with Crippen LogP contribution in [0, 0.1) is 12.7 Å². The molecule has 1 N–H and O–H groups in total. The third-order valence-corrected chi connectivity index (χ3v) is 3.73. The predicted octanol–water partition coefficient (Wildman–Crippen LogP) is 2.74. The average molecular weight is 259 g/mol. The van der Waals surface area contributed by atoms with Crippen molar-refractivity contribution in [3.8, 4) is 11.3 Å². The second-order valence-electron chi connectivity index (χ2n) is 5.28. The Labute approximate surface area is 112 Å². The first-order valence-electron chi connectivity index (χ1n) is 6.63. The molecular weight excluding hydrogens is 241 g/mol. The Balaban J connectivity index is 2.20. The van der Waals surface area contributed by atoms with Gasteiger partial charge in [0.25, 0.3) is 0 Å². The molecule has 0 saturated heterocycles. The Morgan fingerprint density at radius 1 is 1.37 bits per heavy atom. The molecule has 1 aliphatic heterocycles. The van der Waals surface area contributed by atoms with E-state index in [4.69, 9.17) is 0 Å². The van der Waals surface area contributed by atoms with E-state index in [0.717, 1.165) is 35.5 Å². The van der Waals surface area contributed by atoms with Crippen LogP contribution in [0.25, 0.3) is 11.3 Å². The van der Waals surface area contributed by atoms with Crippen LogP contribution in [0.2, 0.25) is 0 Å². The van der Waals surface area contributed by atoms with E-state index in [1.54, 1.807) is 12.1 Å². The van der Waals surface area contributed by atoms with E-state index in [1.165, 1.54) is 5.56 Å². The minimum atomic E-state index is -0.188.